The third-order valence-corrected chi connectivity index (χ3v) is 11.8. The number of carbonyl (C=O) groups excluding carboxylic acids is 1. The first-order chi connectivity index (χ1) is 11.5. The maximum atomic E-state index is 12.2. The van der Waals surface area contributed by atoms with Crippen LogP contribution in [0.25, 0.3) is 0 Å². The second-order valence-corrected chi connectivity index (χ2v) is 14.7. The number of hydrogen-bond acceptors (Lipinski definition) is 2. The maximum absolute atomic E-state index is 12.2. The van der Waals surface area contributed by atoms with Gasteiger partial charge in [0, 0.05) is 17.3 Å². The van der Waals surface area contributed by atoms with Crippen molar-refractivity contribution in [2.24, 2.45) is 23.2 Å². The zero-order valence-electron chi connectivity index (χ0n) is 17.6. The molecule has 3 heteroatoms. The third-order valence-electron chi connectivity index (χ3n) is 7.34. The Morgan fingerprint density at radius 3 is 2.40 bits per heavy atom. The van der Waals surface area contributed by atoms with Crippen LogP contribution in [0.3, 0.4) is 0 Å². The molecule has 0 aromatic carbocycles. The number of fused-ring (bicyclic) bond motifs is 1. The molecule has 0 aromatic rings. The van der Waals surface area contributed by atoms with Gasteiger partial charge in [0.1, 0.15) is 6.29 Å². The van der Waals surface area contributed by atoms with Crippen molar-refractivity contribution in [1.82, 2.24) is 0 Å². The minimum absolute atomic E-state index is 0.219. The summed E-state index contributed by atoms with van der Waals surface area (Å²) >= 11 is 0. The predicted molar refractivity (Wildman–Crippen MR) is 109 cm³/mol. The van der Waals surface area contributed by atoms with E-state index >= 15 is 0 Å². The molecule has 0 N–H and O–H groups in total. The average molecular weight is 363 g/mol. The molecule has 0 aromatic heterocycles. The summed E-state index contributed by atoms with van der Waals surface area (Å²) in [5.74, 6) is 0.986. The summed E-state index contributed by atoms with van der Waals surface area (Å²) in [5.41, 5.74) is 0.989. The molecular formula is C22H38O2Si. The molecule has 0 aliphatic heterocycles. The molecule has 0 unspecified atom stereocenters. The van der Waals surface area contributed by atoms with Crippen molar-refractivity contribution in [2.45, 2.75) is 85.0 Å². The van der Waals surface area contributed by atoms with Crippen molar-refractivity contribution >= 4 is 14.6 Å². The lowest BCUT2D eigenvalue weighted by atomic mass is 9.55. The molecular weight excluding hydrogens is 324 g/mol. The highest BCUT2D eigenvalue weighted by Crippen LogP contribution is 2.53. The number of aldehydes is 1. The Morgan fingerprint density at radius 1 is 1.24 bits per heavy atom. The normalized spacial score (nSPS) is 36.9. The molecule has 0 saturated heterocycles. The van der Waals surface area contributed by atoms with Crippen molar-refractivity contribution in [3.63, 3.8) is 0 Å². The Hall–Kier alpha value is -0.673. The van der Waals surface area contributed by atoms with E-state index in [-0.39, 0.29) is 22.5 Å². The van der Waals surface area contributed by atoms with E-state index in [4.69, 9.17) is 4.43 Å². The highest BCUT2D eigenvalue weighted by Gasteiger charge is 2.51. The molecule has 1 saturated carbocycles. The monoisotopic (exact) mass is 362 g/mol. The van der Waals surface area contributed by atoms with Crippen LogP contribution in [0.5, 0.6) is 0 Å². The standard InChI is InChI=1S/C22H38O2Si/c1-9-16(2)18-14-13-17-19(22(18,6)15-23)11-10-12-20(17)24-25(7,8)21(3,4)5/h9,13-15,17-20H,10-12H2,1-8H3/b16-9+/t17-,18-,19+,20+,22+/m0/s1. The quantitative estimate of drug-likeness (QED) is 0.340. The lowest BCUT2D eigenvalue weighted by Crippen LogP contribution is -2.52. The van der Waals surface area contributed by atoms with Gasteiger partial charge in [0.15, 0.2) is 8.32 Å². The van der Waals surface area contributed by atoms with E-state index in [0.717, 1.165) is 12.8 Å². The van der Waals surface area contributed by atoms with Gasteiger partial charge in [-0.2, -0.15) is 0 Å². The van der Waals surface area contributed by atoms with Crippen molar-refractivity contribution in [3.8, 4) is 0 Å². The molecule has 1 fully saturated rings. The topological polar surface area (TPSA) is 26.3 Å². The molecule has 2 rings (SSSR count). The molecule has 0 amide bonds. The van der Waals surface area contributed by atoms with E-state index in [1.165, 1.54) is 18.3 Å². The van der Waals surface area contributed by atoms with Gasteiger partial charge in [-0.25, -0.2) is 0 Å². The van der Waals surface area contributed by atoms with Crippen LogP contribution in [0.4, 0.5) is 0 Å². The zero-order chi connectivity index (χ0) is 19.0. The van der Waals surface area contributed by atoms with Gasteiger partial charge >= 0.3 is 0 Å². The van der Waals surface area contributed by atoms with Gasteiger partial charge in [0.2, 0.25) is 0 Å². The van der Waals surface area contributed by atoms with Gasteiger partial charge in [0.25, 0.3) is 0 Å². The zero-order valence-corrected chi connectivity index (χ0v) is 18.6. The van der Waals surface area contributed by atoms with Crippen LogP contribution in [0.1, 0.15) is 60.8 Å². The van der Waals surface area contributed by atoms with Crippen LogP contribution in [-0.4, -0.2) is 20.7 Å². The lowest BCUT2D eigenvalue weighted by molar-refractivity contribution is -0.124. The largest absolute Gasteiger partial charge is 0.413 e. The first kappa shape index (κ1) is 20.6. The summed E-state index contributed by atoms with van der Waals surface area (Å²) in [6.07, 6.45) is 11.8. The number of rotatable bonds is 4. The molecule has 142 valence electrons. The number of allylic oxidation sites excluding steroid dienone is 3. The summed E-state index contributed by atoms with van der Waals surface area (Å²) in [4.78, 5) is 12.2. The molecule has 2 aliphatic rings. The molecule has 0 radical (unpaired) electrons. The Bertz CT molecular complexity index is 555. The van der Waals surface area contributed by atoms with Crippen molar-refractivity contribution in [2.75, 3.05) is 0 Å². The summed E-state index contributed by atoms with van der Waals surface area (Å²) in [6.45, 7) is 18.0. The van der Waals surface area contributed by atoms with E-state index in [2.05, 4.69) is 72.9 Å². The van der Waals surface area contributed by atoms with Crippen LogP contribution in [0.15, 0.2) is 23.8 Å². The fourth-order valence-electron chi connectivity index (χ4n) is 4.52. The van der Waals surface area contributed by atoms with Crippen LogP contribution in [0.2, 0.25) is 18.1 Å². The molecule has 0 spiro atoms. The average Bonchev–Trinajstić information content (AvgIpc) is 2.53. The molecule has 2 aliphatic carbocycles. The Balaban J connectivity index is 2.35. The Morgan fingerprint density at radius 2 is 1.88 bits per heavy atom. The van der Waals surface area contributed by atoms with Crippen LogP contribution in [-0.2, 0) is 9.22 Å². The molecule has 25 heavy (non-hydrogen) atoms. The minimum atomic E-state index is -1.80. The van der Waals surface area contributed by atoms with Gasteiger partial charge in [-0.15, -0.1) is 0 Å². The number of carbonyl (C=O) groups is 1. The highest BCUT2D eigenvalue weighted by atomic mass is 28.4. The first-order valence-electron chi connectivity index (χ1n) is 9.93. The van der Waals surface area contributed by atoms with E-state index in [1.807, 2.05) is 0 Å². The SMILES string of the molecule is C/C=C(\C)[C@@H]1C=C[C@H]2[C@@H](CCC[C@H]2O[Si](C)(C)C(C)(C)C)[C@]1(C)C=O. The van der Waals surface area contributed by atoms with Gasteiger partial charge in [0.05, 0.1) is 6.10 Å². The predicted octanol–water partition coefficient (Wildman–Crippen LogP) is 6.15. The summed E-state index contributed by atoms with van der Waals surface area (Å²) in [6, 6.07) is 0. The molecule has 2 nitrogen and oxygen atoms in total. The third kappa shape index (κ3) is 3.73. The highest BCUT2D eigenvalue weighted by molar-refractivity contribution is 6.74. The van der Waals surface area contributed by atoms with Gasteiger partial charge < -0.3 is 9.22 Å². The van der Waals surface area contributed by atoms with Crippen LogP contribution in [0, 0.1) is 23.2 Å². The second-order valence-electron chi connectivity index (χ2n) is 9.91. The fourth-order valence-corrected chi connectivity index (χ4v) is 5.90. The molecule has 5 atom stereocenters. The van der Waals surface area contributed by atoms with Crippen molar-refractivity contribution < 1.29 is 9.22 Å². The number of hydrogen-bond donors (Lipinski definition) is 0. The fraction of sp³-hybridized carbons (Fsp3) is 0.773. The van der Waals surface area contributed by atoms with E-state index in [1.54, 1.807) is 0 Å². The maximum Gasteiger partial charge on any atom is 0.192 e. The van der Waals surface area contributed by atoms with Crippen LogP contribution < -0.4 is 0 Å². The summed E-state index contributed by atoms with van der Waals surface area (Å²) in [7, 11) is -1.80. The van der Waals surface area contributed by atoms with E-state index in [9.17, 15) is 4.79 Å². The first-order valence-corrected chi connectivity index (χ1v) is 12.8. The summed E-state index contributed by atoms with van der Waals surface area (Å²) < 4.78 is 6.83. The Labute approximate surface area is 156 Å². The van der Waals surface area contributed by atoms with Crippen LogP contribution >= 0.6 is 0 Å². The lowest BCUT2D eigenvalue weighted by Gasteiger charge is -2.52. The molecule has 0 heterocycles. The minimum Gasteiger partial charge on any atom is -0.413 e. The summed E-state index contributed by atoms with van der Waals surface area (Å²) in [5, 5.41) is 0.219. The van der Waals surface area contributed by atoms with Gasteiger partial charge in [-0.3, -0.25) is 0 Å². The van der Waals surface area contributed by atoms with Gasteiger partial charge in [-0.1, -0.05) is 57.9 Å². The Kier molecular flexibility index (Phi) is 5.90. The van der Waals surface area contributed by atoms with Crippen molar-refractivity contribution in [1.29, 1.82) is 0 Å². The smallest absolute Gasteiger partial charge is 0.192 e. The van der Waals surface area contributed by atoms with E-state index < -0.39 is 8.32 Å². The van der Waals surface area contributed by atoms with Crippen molar-refractivity contribution in [3.05, 3.63) is 23.8 Å². The molecule has 0 bridgehead atoms. The second kappa shape index (κ2) is 7.15. The van der Waals surface area contributed by atoms with Gasteiger partial charge in [-0.05, 0) is 50.7 Å². The van der Waals surface area contributed by atoms with E-state index in [0.29, 0.717) is 11.8 Å².